The van der Waals surface area contributed by atoms with Crippen LogP contribution in [-0.2, 0) is 4.79 Å². The van der Waals surface area contributed by atoms with E-state index < -0.39 is 5.54 Å². The Balaban J connectivity index is 2.31. The number of hydrogen-bond acceptors (Lipinski definition) is 2. The summed E-state index contributed by atoms with van der Waals surface area (Å²) in [5.74, 6) is 0.138. The van der Waals surface area contributed by atoms with E-state index >= 15 is 0 Å². The molecular weight excluding hydrogens is 212 g/mol. The molecule has 92 valence electrons. The van der Waals surface area contributed by atoms with Gasteiger partial charge in [0.15, 0.2) is 0 Å². The predicted molar refractivity (Wildman–Crippen MR) is 70.2 cm³/mol. The number of carbonyl (C=O) groups excluding carboxylic acids is 1. The largest absolute Gasteiger partial charge is 0.309 e. The number of nitrogens with one attached hydrogen (secondary N) is 1. The van der Waals surface area contributed by atoms with Crippen LogP contribution in [-0.4, -0.2) is 24.0 Å². The molecule has 0 radical (unpaired) electrons. The van der Waals surface area contributed by atoms with Crippen molar-refractivity contribution in [3.8, 4) is 0 Å². The van der Waals surface area contributed by atoms with Crippen LogP contribution in [0.15, 0.2) is 24.3 Å². The Bertz CT molecular complexity index is 422. The van der Waals surface area contributed by atoms with Crippen molar-refractivity contribution in [2.24, 2.45) is 0 Å². The fraction of sp³-hybridized carbons (Fsp3) is 0.500. The molecule has 2 rings (SSSR count). The molecule has 1 unspecified atom stereocenters. The maximum absolute atomic E-state index is 12.3. The number of hydrogen-bond donors (Lipinski definition) is 1. The van der Waals surface area contributed by atoms with Gasteiger partial charge in [0.1, 0.15) is 0 Å². The zero-order valence-corrected chi connectivity index (χ0v) is 10.9. The van der Waals surface area contributed by atoms with E-state index in [-0.39, 0.29) is 5.91 Å². The van der Waals surface area contributed by atoms with Gasteiger partial charge in [0.2, 0.25) is 5.91 Å². The highest BCUT2D eigenvalue weighted by Crippen LogP contribution is 2.23. The lowest BCUT2D eigenvalue weighted by atomic mass is 9.97. The lowest BCUT2D eigenvalue weighted by molar-refractivity contribution is -0.125. The standard InChI is InChI=1S/C14H20N2O/c1-10-5-7-12(8-6-10)16-9-11(2)15-14(3,4)13(16)17/h5-8,11,15H,9H2,1-4H3. The topological polar surface area (TPSA) is 32.3 Å². The molecule has 0 saturated carbocycles. The third-order valence-corrected chi connectivity index (χ3v) is 3.19. The van der Waals surface area contributed by atoms with Crippen LogP contribution in [0.4, 0.5) is 5.69 Å². The highest BCUT2D eigenvalue weighted by Gasteiger charge is 2.38. The summed E-state index contributed by atoms with van der Waals surface area (Å²) in [5.41, 5.74) is 1.72. The fourth-order valence-corrected chi connectivity index (χ4v) is 2.36. The Kier molecular flexibility index (Phi) is 2.96. The first-order valence-corrected chi connectivity index (χ1v) is 6.06. The van der Waals surface area contributed by atoms with E-state index in [0.29, 0.717) is 6.04 Å². The molecule has 1 amide bonds. The van der Waals surface area contributed by atoms with Gasteiger partial charge >= 0.3 is 0 Å². The number of benzene rings is 1. The van der Waals surface area contributed by atoms with Crippen LogP contribution in [0.5, 0.6) is 0 Å². The minimum absolute atomic E-state index is 0.138. The summed E-state index contributed by atoms with van der Waals surface area (Å²) in [7, 11) is 0. The third kappa shape index (κ3) is 2.34. The first-order valence-electron chi connectivity index (χ1n) is 6.06. The molecule has 0 bridgehead atoms. The molecule has 1 aromatic rings. The second-order valence-electron chi connectivity index (χ2n) is 5.42. The van der Waals surface area contributed by atoms with Gasteiger partial charge in [-0.25, -0.2) is 0 Å². The average molecular weight is 232 g/mol. The van der Waals surface area contributed by atoms with Gasteiger partial charge in [0.25, 0.3) is 0 Å². The minimum Gasteiger partial charge on any atom is -0.309 e. The van der Waals surface area contributed by atoms with Crippen LogP contribution in [0.3, 0.4) is 0 Å². The van der Waals surface area contributed by atoms with Gasteiger partial charge in [-0.15, -0.1) is 0 Å². The van der Waals surface area contributed by atoms with Crippen molar-refractivity contribution >= 4 is 11.6 Å². The van der Waals surface area contributed by atoms with Gasteiger partial charge in [-0.3, -0.25) is 10.1 Å². The highest BCUT2D eigenvalue weighted by atomic mass is 16.2. The minimum atomic E-state index is -0.484. The fourth-order valence-electron chi connectivity index (χ4n) is 2.36. The van der Waals surface area contributed by atoms with Crippen LogP contribution >= 0.6 is 0 Å². The lowest BCUT2D eigenvalue weighted by Crippen LogP contribution is -2.65. The van der Waals surface area contributed by atoms with Gasteiger partial charge in [-0.2, -0.15) is 0 Å². The van der Waals surface area contributed by atoms with Crippen molar-refractivity contribution in [3.05, 3.63) is 29.8 Å². The van der Waals surface area contributed by atoms with Crippen molar-refractivity contribution in [1.82, 2.24) is 5.32 Å². The molecule has 1 saturated heterocycles. The van der Waals surface area contributed by atoms with Gasteiger partial charge in [-0.05, 0) is 39.8 Å². The second kappa shape index (κ2) is 4.15. The Morgan fingerprint density at radius 3 is 2.47 bits per heavy atom. The predicted octanol–water partition coefficient (Wildman–Crippen LogP) is 2.10. The smallest absolute Gasteiger partial charge is 0.246 e. The molecule has 3 nitrogen and oxygen atoms in total. The molecule has 1 heterocycles. The van der Waals surface area contributed by atoms with Gasteiger partial charge < -0.3 is 4.90 Å². The Hall–Kier alpha value is -1.35. The highest BCUT2D eigenvalue weighted by molar-refractivity contribution is 6.00. The van der Waals surface area contributed by atoms with E-state index in [4.69, 9.17) is 0 Å². The number of rotatable bonds is 1. The van der Waals surface area contributed by atoms with Gasteiger partial charge in [0, 0.05) is 18.3 Å². The summed E-state index contributed by atoms with van der Waals surface area (Å²) in [6.45, 7) is 8.76. The van der Waals surface area contributed by atoms with E-state index in [2.05, 4.69) is 19.2 Å². The molecule has 1 aromatic carbocycles. The number of amides is 1. The molecule has 0 aromatic heterocycles. The molecule has 0 spiro atoms. The number of carbonyl (C=O) groups is 1. The zero-order valence-electron chi connectivity index (χ0n) is 10.9. The van der Waals surface area contributed by atoms with Crippen LogP contribution in [0.2, 0.25) is 0 Å². The zero-order chi connectivity index (χ0) is 12.6. The summed E-state index contributed by atoms with van der Waals surface area (Å²) < 4.78 is 0. The van der Waals surface area contributed by atoms with E-state index in [1.54, 1.807) is 0 Å². The van der Waals surface area contributed by atoms with Crippen molar-refractivity contribution in [2.75, 3.05) is 11.4 Å². The van der Waals surface area contributed by atoms with E-state index in [1.165, 1.54) is 5.56 Å². The van der Waals surface area contributed by atoms with Crippen LogP contribution < -0.4 is 10.2 Å². The maximum Gasteiger partial charge on any atom is 0.246 e. The molecule has 17 heavy (non-hydrogen) atoms. The van der Waals surface area contributed by atoms with Crippen LogP contribution in [0, 0.1) is 6.92 Å². The molecule has 1 atom stereocenters. The van der Waals surface area contributed by atoms with Crippen molar-refractivity contribution in [2.45, 2.75) is 39.3 Å². The lowest BCUT2D eigenvalue weighted by Gasteiger charge is -2.41. The summed E-state index contributed by atoms with van der Waals surface area (Å²) in [6, 6.07) is 8.43. The molecule has 1 aliphatic rings. The van der Waals surface area contributed by atoms with Gasteiger partial charge in [0.05, 0.1) is 5.54 Å². The molecule has 1 aliphatic heterocycles. The molecule has 1 N–H and O–H groups in total. The van der Waals surface area contributed by atoms with Gasteiger partial charge in [-0.1, -0.05) is 17.7 Å². The molecule has 1 fully saturated rings. The number of aryl methyl sites for hydroxylation is 1. The first kappa shape index (κ1) is 12.1. The monoisotopic (exact) mass is 232 g/mol. The van der Waals surface area contributed by atoms with Crippen molar-refractivity contribution in [3.63, 3.8) is 0 Å². The maximum atomic E-state index is 12.3. The molecular formula is C14H20N2O. The SMILES string of the molecule is Cc1ccc(N2CC(C)NC(C)(C)C2=O)cc1. The van der Waals surface area contributed by atoms with Crippen LogP contribution in [0.1, 0.15) is 26.3 Å². The van der Waals surface area contributed by atoms with E-state index in [1.807, 2.05) is 43.0 Å². The number of piperazine rings is 1. The normalized spacial score (nSPS) is 23.9. The Morgan fingerprint density at radius 2 is 1.88 bits per heavy atom. The number of anilines is 1. The van der Waals surface area contributed by atoms with Crippen molar-refractivity contribution < 1.29 is 4.79 Å². The first-order chi connectivity index (χ1) is 7.90. The summed E-state index contributed by atoms with van der Waals surface area (Å²) >= 11 is 0. The summed E-state index contributed by atoms with van der Waals surface area (Å²) in [6.07, 6.45) is 0. The Labute approximate surface area is 103 Å². The average Bonchev–Trinajstić information content (AvgIpc) is 2.24. The van der Waals surface area contributed by atoms with E-state index in [9.17, 15) is 4.79 Å². The molecule has 0 aliphatic carbocycles. The summed E-state index contributed by atoms with van der Waals surface area (Å²) in [4.78, 5) is 14.2. The summed E-state index contributed by atoms with van der Waals surface area (Å²) in [5, 5.41) is 3.33. The Morgan fingerprint density at radius 1 is 1.29 bits per heavy atom. The second-order valence-corrected chi connectivity index (χ2v) is 5.42. The van der Waals surface area contributed by atoms with Crippen LogP contribution in [0.25, 0.3) is 0 Å². The molecule has 3 heteroatoms. The third-order valence-electron chi connectivity index (χ3n) is 3.19. The van der Waals surface area contributed by atoms with Crippen molar-refractivity contribution in [1.29, 1.82) is 0 Å². The quantitative estimate of drug-likeness (QED) is 0.804. The number of nitrogens with zero attached hydrogens (tertiary/aromatic N) is 1. The van der Waals surface area contributed by atoms with E-state index in [0.717, 1.165) is 12.2 Å².